The van der Waals surface area contributed by atoms with Gasteiger partial charge in [0, 0.05) is 17.2 Å². The SMILES string of the molecule is Cc1cc(Cl)ccc1OCC(=O)N/N=C/C1CC2C=CC1C2. The van der Waals surface area contributed by atoms with Gasteiger partial charge in [0.05, 0.1) is 0 Å². The molecule has 0 spiro atoms. The molecule has 1 aromatic carbocycles. The molecule has 0 saturated heterocycles. The molecule has 116 valence electrons. The fourth-order valence-electron chi connectivity index (χ4n) is 3.15. The normalized spacial score (nSPS) is 25.8. The Morgan fingerprint density at radius 3 is 3.00 bits per heavy atom. The highest BCUT2D eigenvalue weighted by atomic mass is 35.5. The lowest BCUT2D eigenvalue weighted by atomic mass is 9.95. The van der Waals surface area contributed by atoms with E-state index in [0.717, 1.165) is 12.0 Å². The average molecular weight is 319 g/mol. The Morgan fingerprint density at radius 1 is 1.45 bits per heavy atom. The van der Waals surface area contributed by atoms with E-state index in [1.807, 2.05) is 13.1 Å². The number of nitrogens with zero attached hydrogens (tertiary/aromatic N) is 1. The number of hydrazone groups is 1. The fourth-order valence-corrected chi connectivity index (χ4v) is 3.38. The van der Waals surface area contributed by atoms with Crippen LogP contribution in [-0.4, -0.2) is 18.7 Å². The summed E-state index contributed by atoms with van der Waals surface area (Å²) in [5.41, 5.74) is 3.43. The van der Waals surface area contributed by atoms with Crippen molar-refractivity contribution in [3.05, 3.63) is 40.9 Å². The van der Waals surface area contributed by atoms with Crippen molar-refractivity contribution in [3.8, 4) is 5.75 Å². The molecule has 22 heavy (non-hydrogen) atoms. The molecule has 3 unspecified atom stereocenters. The van der Waals surface area contributed by atoms with Crippen molar-refractivity contribution >= 4 is 23.7 Å². The van der Waals surface area contributed by atoms with Gasteiger partial charge in [0.25, 0.3) is 5.91 Å². The molecule has 5 heteroatoms. The first kappa shape index (κ1) is 15.1. The Hall–Kier alpha value is -1.81. The molecule has 3 atom stereocenters. The molecule has 1 fully saturated rings. The van der Waals surface area contributed by atoms with Crippen molar-refractivity contribution in [2.24, 2.45) is 22.9 Å². The Labute approximate surface area is 135 Å². The van der Waals surface area contributed by atoms with E-state index >= 15 is 0 Å². The third-order valence-electron chi connectivity index (χ3n) is 4.28. The van der Waals surface area contributed by atoms with Gasteiger partial charge in [-0.25, -0.2) is 5.43 Å². The second-order valence-electron chi connectivity index (χ2n) is 5.96. The van der Waals surface area contributed by atoms with Crippen molar-refractivity contribution in [2.45, 2.75) is 19.8 Å². The van der Waals surface area contributed by atoms with Crippen LogP contribution in [0.4, 0.5) is 0 Å². The van der Waals surface area contributed by atoms with E-state index in [1.54, 1.807) is 18.2 Å². The van der Waals surface area contributed by atoms with E-state index in [-0.39, 0.29) is 12.5 Å². The van der Waals surface area contributed by atoms with Crippen molar-refractivity contribution in [1.29, 1.82) is 0 Å². The van der Waals surface area contributed by atoms with Gasteiger partial charge in [0.1, 0.15) is 5.75 Å². The van der Waals surface area contributed by atoms with Crippen molar-refractivity contribution in [3.63, 3.8) is 0 Å². The monoisotopic (exact) mass is 318 g/mol. The zero-order valence-corrected chi connectivity index (χ0v) is 13.2. The van der Waals surface area contributed by atoms with E-state index < -0.39 is 0 Å². The summed E-state index contributed by atoms with van der Waals surface area (Å²) in [4.78, 5) is 11.7. The number of ether oxygens (including phenoxy) is 1. The summed E-state index contributed by atoms with van der Waals surface area (Å²) in [5, 5.41) is 4.71. The van der Waals surface area contributed by atoms with Gasteiger partial charge in [-0.15, -0.1) is 0 Å². The van der Waals surface area contributed by atoms with E-state index in [0.29, 0.717) is 28.5 Å². The number of hydrogen-bond acceptors (Lipinski definition) is 3. The summed E-state index contributed by atoms with van der Waals surface area (Å²) >= 11 is 5.88. The predicted octanol–water partition coefficient (Wildman–Crippen LogP) is 3.34. The minimum Gasteiger partial charge on any atom is -0.483 e. The van der Waals surface area contributed by atoms with Gasteiger partial charge in [-0.05, 0) is 55.4 Å². The minimum atomic E-state index is -0.260. The molecule has 0 aromatic heterocycles. The summed E-state index contributed by atoms with van der Waals surface area (Å²) in [5.74, 6) is 2.15. The first-order valence-electron chi connectivity index (χ1n) is 7.51. The van der Waals surface area contributed by atoms with E-state index in [4.69, 9.17) is 16.3 Å². The predicted molar refractivity (Wildman–Crippen MR) is 87.2 cm³/mol. The van der Waals surface area contributed by atoms with Crippen LogP contribution in [0, 0.1) is 24.7 Å². The largest absolute Gasteiger partial charge is 0.483 e. The first-order valence-corrected chi connectivity index (χ1v) is 7.89. The van der Waals surface area contributed by atoms with Crippen LogP contribution in [0.15, 0.2) is 35.5 Å². The number of benzene rings is 1. The number of nitrogens with one attached hydrogen (secondary N) is 1. The zero-order valence-electron chi connectivity index (χ0n) is 12.5. The maximum atomic E-state index is 11.7. The Balaban J connectivity index is 1.44. The number of amides is 1. The van der Waals surface area contributed by atoms with E-state index in [9.17, 15) is 4.79 Å². The van der Waals surface area contributed by atoms with Gasteiger partial charge >= 0.3 is 0 Å². The maximum absolute atomic E-state index is 11.7. The Bertz CT molecular complexity index is 627. The van der Waals surface area contributed by atoms with Crippen LogP contribution in [0.25, 0.3) is 0 Å². The highest BCUT2D eigenvalue weighted by Gasteiger charge is 2.34. The molecule has 0 radical (unpaired) electrons. The third kappa shape index (κ3) is 3.50. The van der Waals surface area contributed by atoms with Crippen LogP contribution in [-0.2, 0) is 4.79 Å². The second-order valence-corrected chi connectivity index (χ2v) is 6.39. The summed E-state index contributed by atoms with van der Waals surface area (Å²) in [6, 6.07) is 5.30. The molecule has 1 aromatic rings. The van der Waals surface area contributed by atoms with E-state index in [1.165, 1.54) is 6.42 Å². The quantitative estimate of drug-likeness (QED) is 0.514. The van der Waals surface area contributed by atoms with Gasteiger partial charge in [-0.1, -0.05) is 23.8 Å². The zero-order chi connectivity index (χ0) is 15.5. The van der Waals surface area contributed by atoms with Crippen LogP contribution in [0.2, 0.25) is 5.02 Å². The number of hydrogen-bond donors (Lipinski definition) is 1. The molecular formula is C17H19ClN2O2. The first-order chi connectivity index (χ1) is 10.6. The van der Waals surface area contributed by atoms with Crippen LogP contribution in [0.5, 0.6) is 5.75 Å². The van der Waals surface area contributed by atoms with Crippen LogP contribution in [0.3, 0.4) is 0 Å². The number of halogens is 1. The topological polar surface area (TPSA) is 50.7 Å². The van der Waals surface area contributed by atoms with Crippen LogP contribution < -0.4 is 10.2 Å². The molecule has 1 N–H and O–H groups in total. The average Bonchev–Trinajstić information content (AvgIpc) is 3.09. The van der Waals surface area contributed by atoms with Crippen LogP contribution >= 0.6 is 11.6 Å². The second kappa shape index (κ2) is 6.53. The number of carbonyl (C=O) groups excluding carboxylic acids is 1. The molecule has 0 heterocycles. The highest BCUT2D eigenvalue weighted by molar-refractivity contribution is 6.30. The third-order valence-corrected chi connectivity index (χ3v) is 4.52. The maximum Gasteiger partial charge on any atom is 0.277 e. The number of carbonyl (C=O) groups is 1. The van der Waals surface area contributed by atoms with Gasteiger partial charge < -0.3 is 4.74 Å². The van der Waals surface area contributed by atoms with Crippen molar-refractivity contribution in [1.82, 2.24) is 5.43 Å². The smallest absolute Gasteiger partial charge is 0.277 e. The number of fused-ring (bicyclic) bond motifs is 2. The van der Waals surface area contributed by atoms with Crippen LogP contribution in [0.1, 0.15) is 18.4 Å². The Kier molecular flexibility index (Phi) is 4.48. The van der Waals surface area contributed by atoms with Crippen molar-refractivity contribution < 1.29 is 9.53 Å². The highest BCUT2D eigenvalue weighted by Crippen LogP contribution is 2.42. The fraction of sp³-hybridized carbons (Fsp3) is 0.412. The molecule has 2 bridgehead atoms. The molecule has 2 aliphatic carbocycles. The number of aryl methyl sites for hydroxylation is 1. The molecule has 4 nitrogen and oxygen atoms in total. The molecule has 3 rings (SSSR count). The van der Waals surface area contributed by atoms with Gasteiger partial charge in [-0.2, -0.15) is 5.10 Å². The lowest BCUT2D eigenvalue weighted by Crippen LogP contribution is -2.25. The summed E-state index contributed by atoms with van der Waals surface area (Å²) in [6.45, 7) is 1.83. The van der Waals surface area contributed by atoms with Gasteiger partial charge in [0.15, 0.2) is 6.61 Å². The summed E-state index contributed by atoms with van der Waals surface area (Å²) < 4.78 is 5.47. The van der Waals surface area contributed by atoms with Crippen molar-refractivity contribution in [2.75, 3.05) is 6.61 Å². The van der Waals surface area contributed by atoms with E-state index in [2.05, 4.69) is 22.7 Å². The lowest BCUT2D eigenvalue weighted by Gasteiger charge is -2.12. The Morgan fingerprint density at radius 2 is 2.32 bits per heavy atom. The number of allylic oxidation sites excluding steroid dienone is 2. The van der Waals surface area contributed by atoms with Gasteiger partial charge in [0.2, 0.25) is 0 Å². The minimum absolute atomic E-state index is 0.0591. The standard InChI is InChI=1S/C17H19ClN2O2/c1-11-6-15(18)4-5-16(11)22-10-17(21)20-19-9-14-8-12-2-3-13(14)7-12/h2-6,9,12-14H,7-8,10H2,1H3,(H,20,21)/b19-9+. The number of rotatable bonds is 5. The lowest BCUT2D eigenvalue weighted by molar-refractivity contribution is -0.123. The molecule has 2 aliphatic rings. The molecular weight excluding hydrogens is 300 g/mol. The molecule has 1 amide bonds. The molecule has 0 aliphatic heterocycles. The van der Waals surface area contributed by atoms with Gasteiger partial charge in [-0.3, -0.25) is 4.79 Å². The summed E-state index contributed by atoms with van der Waals surface area (Å²) in [7, 11) is 0. The molecule has 1 saturated carbocycles. The summed E-state index contributed by atoms with van der Waals surface area (Å²) in [6.07, 6.45) is 8.78.